The average Bonchev–Trinajstić information content (AvgIpc) is 2.07. The summed E-state index contributed by atoms with van der Waals surface area (Å²) in [6.07, 6.45) is 7.60. The van der Waals surface area contributed by atoms with Crippen molar-refractivity contribution in [2.75, 3.05) is 0 Å². The van der Waals surface area contributed by atoms with Gasteiger partial charge in [0.2, 0.25) is 0 Å². The van der Waals surface area contributed by atoms with E-state index in [0.29, 0.717) is 5.92 Å². The maximum atomic E-state index is 13.2. The fraction of sp³-hybridized carbons (Fsp3) is 1.00. The third kappa shape index (κ3) is 3.22. The summed E-state index contributed by atoms with van der Waals surface area (Å²) >= 11 is 0. The summed E-state index contributed by atoms with van der Waals surface area (Å²) in [5.41, 5.74) is 0. The lowest BCUT2D eigenvalue weighted by Crippen LogP contribution is -2.11. The van der Waals surface area contributed by atoms with Crippen LogP contribution < -0.4 is 0 Å². The van der Waals surface area contributed by atoms with Gasteiger partial charge in [-0.05, 0) is 18.8 Å². The molecule has 0 amide bonds. The quantitative estimate of drug-likeness (QED) is 0.504. The van der Waals surface area contributed by atoms with Crippen LogP contribution in [0, 0.1) is 5.92 Å². The normalized spacial score (nSPS) is 35.5. The predicted octanol–water partition coefficient (Wildman–Crippen LogP) is 3.70. The highest BCUT2D eigenvalue weighted by atomic mass is 19.1. The third-order valence-electron chi connectivity index (χ3n) is 2.76. The van der Waals surface area contributed by atoms with Gasteiger partial charge in [0, 0.05) is 0 Å². The zero-order valence-electron chi connectivity index (χ0n) is 7.48. The molecule has 1 saturated carbocycles. The SMILES string of the molecule is CC1CCCCCCCC1F. The minimum Gasteiger partial charge on any atom is -0.247 e. The van der Waals surface area contributed by atoms with E-state index < -0.39 is 6.17 Å². The predicted molar refractivity (Wildman–Crippen MR) is 46.4 cm³/mol. The summed E-state index contributed by atoms with van der Waals surface area (Å²) in [5.74, 6) is 0.313. The van der Waals surface area contributed by atoms with Gasteiger partial charge in [0.25, 0.3) is 0 Å². The molecule has 0 aromatic heterocycles. The zero-order valence-corrected chi connectivity index (χ0v) is 7.48. The Morgan fingerprint density at radius 3 is 2.18 bits per heavy atom. The second-order valence-corrected chi connectivity index (χ2v) is 3.84. The van der Waals surface area contributed by atoms with Crippen LogP contribution >= 0.6 is 0 Å². The van der Waals surface area contributed by atoms with Crippen molar-refractivity contribution in [2.24, 2.45) is 5.92 Å². The lowest BCUT2D eigenvalue weighted by atomic mass is 9.97. The second-order valence-electron chi connectivity index (χ2n) is 3.84. The number of hydrogen-bond donors (Lipinski definition) is 0. The van der Waals surface area contributed by atoms with Gasteiger partial charge in [-0.1, -0.05) is 39.0 Å². The van der Waals surface area contributed by atoms with Crippen LogP contribution in [0.2, 0.25) is 0 Å². The Bertz CT molecular complexity index is 89.0. The Hall–Kier alpha value is -0.0700. The van der Waals surface area contributed by atoms with E-state index in [2.05, 4.69) is 6.92 Å². The van der Waals surface area contributed by atoms with Gasteiger partial charge < -0.3 is 0 Å². The van der Waals surface area contributed by atoms with E-state index in [1.807, 2.05) is 0 Å². The Balaban J connectivity index is 2.29. The molecule has 0 bridgehead atoms. The van der Waals surface area contributed by atoms with E-state index in [-0.39, 0.29) is 0 Å². The van der Waals surface area contributed by atoms with Crippen LogP contribution in [-0.2, 0) is 0 Å². The van der Waals surface area contributed by atoms with Crippen LogP contribution in [0.4, 0.5) is 4.39 Å². The first kappa shape index (κ1) is 9.02. The molecule has 1 rings (SSSR count). The smallest absolute Gasteiger partial charge is 0.103 e. The molecule has 2 atom stereocenters. The molecular formula is C10H19F. The maximum Gasteiger partial charge on any atom is 0.103 e. The Morgan fingerprint density at radius 2 is 1.45 bits per heavy atom. The van der Waals surface area contributed by atoms with Crippen LogP contribution in [0.5, 0.6) is 0 Å². The second kappa shape index (κ2) is 4.74. The van der Waals surface area contributed by atoms with Gasteiger partial charge in [-0.15, -0.1) is 0 Å². The fourth-order valence-electron chi connectivity index (χ4n) is 1.80. The molecule has 0 aromatic carbocycles. The molecule has 1 aliphatic rings. The summed E-state index contributed by atoms with van der Waals surface area (Å²) in [6.45, 7) is 2.05. The third-order valence-corrected chi connectivity index (χ3v) is 2.76. The van der Waals surface area contributed by atoms with Crippen molar-refractivity contribution in [3.63, 3.8) is 0 Å². The summed E-state index contributed by atoms with van der Waals surface area (Å²) in [6, 6.07) is 0. The molecule has 1 fully saturated rings. The topological polar surface area (TPSA) is 0 Å². The highest BCUT2D eigenvalue weighted by molar-refractivity contribution is 4.67. The van der Waals surface area contributed by atoms with Crippen molar-refractivity contribution >= 4 is 0 Å². The summed E-state index contributed by atoms with van der Waals surface area (Å²) in [7, 11) is 0. The Morgan fingerprint density at radius 1 is 0.909 bits per heavy atom. The standard InChI is InChI=1S/C10H19F/c1-9-7-5-3-2-4-6-8-10(9)11/h9-10H,2-8H2,1H3. The molecule has 1 aliphatic carbocycles. The van der Waals surface area contributed by atoms with Crippen LogP contribution in [0.15, 0.2) is 0 Å². The van der Waals surface area contributed by atoms with Crippen molar-refractivity contribution in [3.8, 4) is 0 Å². The molecule has 0 heterocycles. The molecule has 0 saturated heterocycles. The highest BCUT2D eigenvalue weighted by Crippen LogP contribution is 2.23. The summed E-state index contributed by atoms with van der Waals surface area (Å²) in [4.78, 5) is 0. The first-order valence-corrected chi connectivity index (χ1v) is 4.95. The Labute approximate surface area is 69.2 Å². The molecule has 0 N–H and O–H groups in total. The van der Waals surface area contributed by atoms with Crippen molar-refractivity contribution in [1.82, 2.24) is 0 Å². The first-order valence-electron chi connectivity index (χ1n) is 4.95. The van der Waals surface area contributed by atoms with E-state index >= 15 is 0 Å². The van der Waals surface area contributed by atoms with Crippen LogP contribution in [0.25, 0.3) is 0 Å². The van der Waals surface area contributed by atoms with Gasteiger partial charge in [-0.3, -0.25) is 0 Å². The van der Waals surface area contributed by atoms with Crippen LogP contribution in [-0.4, -0.2) is 6.17 Å². The van der Waals surface area contributed by atoms with E-state index in [9.17, 15) is 4.39 Å². The van der Waals surface area contributed by atoms with Gasteiger partial charge in [0.05, 0.1) is 0 Å². The van der Waals surface area contributed by atoms with Gasteiger partial charge in [-0.25, -0.2) is 4.39 Å². The van der Waals surface area contributed by atoms with Crippen molar-refractivity contribution < 1.29 is 4.39 Å². The zero-order chi connectivity index (χ0) is 8.10. The molecule has 0 nitrogen and oxygen atoms in total. The van der Waals surface area contributed by atoms with Crippen molar-refractivity contribution in [1.29, 1.82) is 0 Å². The van der Waals surface area contributed by atoms with Gasteiger partial charge in [0.15, 0.2) is 0 Å². The molecule has 1 heteroatoms. The van der Waals surface area contributed by atoms with Crippen LogP contribution in [0.1, 0.15) is 51.9 Å². The molecule has 2 unspecified atom stereocenters. The van der Waals surface area contributed by atoms with Crippen molar-refractivity contribution in [2.45, 2.75) is 58.0 Å². The number of rotatable bonds is 0. The van der Waals surface area contributed by atoms with Gasteiger partial charge >= 0.3 is 0 Å². The number of alkyl halides is 1. The molecular weight excluding hydrogens is 139 g/mol. The summed E-state index contributed by atoms with van der Waals surface area (Å²) < 4.78 is 13.2. The highest BCUT2D eigenvalue weighted by Gasteiger charge is 2.16. The first-order chi connectivity index (χ1) is 5.30. The number of hydrogen-bond acceptors (Lipinski definition) is 0. The molecule has 0 aliphatic heterocycles. The maximum absolute atomic E-state index is 13.2. The van der Waals surface area contributed by atoms with E-state index in [0.717, 1.165) is 19.3 Å². The lowest BCUT2D eigenvalue weighted by Gasteiger charge is -2.14. The Kier molecular flexibility index (Phi) is 3.88. The number of halogens is 1. The molecule has 11 heavy (non-hydrogen) atoms. The van der Waals surface area contributed by atoms with E-state index in [1.165, 1.54) is 25.7 Å². The fourth-order valence-corrected chi connectivity index (χ4v) is 1.80. The molecule has 0 aromatic rings. The van der Waals surface area contributed by atoms with E-state index in [4.69, 9.17) is 0 Å². The van der Waals surface area contributed by atoms with Gasteiger partial charge in [0.1, 0.15) is 6.17 Å². The van der Waals surface area contributed by atoms with Crippen LogP contribution in [0.3, 0.4) is 0 Å². The monoisotopic (exact) mass is 158 g/mol. The summed E-state index contributed by atoms with van der Waals surface area (Å²) in [5, 5.41) is 0. The van der Waals surface area contributed by atoms with Crippen molar-refractivity contribution in [3.05, 3.63) is 0 Å². The molecule has 0 radical (unpaired) electrons. The largest absolute Gasteiger partial charge is 0.247 e. The van der Waals surface area contributed by atoms with E-state index in [1.54, 1.807) is 0 Å². The average molecular weight is 158 g/mol. The lowest BCUT2D eigenvalue weighted by molar-refractivity contribution is 0.215. The molecule has 0 spiro atoms. The minimum atomic E-state index is -0.520. The molecule has 66 valence electrons. The minimum absolute atomic E-state index is 0.313. The van der Waals surface area contributed by atoms with Gasteiger partial charge in [-0.2, -0.15) is 0 Å².